The molecular weight excluding hydrogens is 228 g/mol. The van der Waals surface area contributed by atoms with Crippen molar-refractivity contribution in [2.75, 3.05) is 20.2 Å². The molecule has 0 bridgehead atoms. The Morgan fingerprint density at radius 3 is 2.83 bits per heavy atom. The van der Waals surface area contributed by atoms with Crippen LogP contribution in [0.5, 0.6) is 5.75 Å². The molecule has 0 spiro atoms. The Balaban J connectivity index is 1.86. The van der Waals surface area contributed by atoms with Crippen LogP contribution in [0.1, 0.15) is 12.0 Å². The number of hydrogen-bond acceptors (Lipinski definition) is 3. The van der Waals surface area contributed by atoms with Crippen molar-refractivity contribution in [3.8, 4) is 5.75 Å². The Bertz CT molecular complexity index is 420. The summed E-state index contributed by atoms with van der Waals surface area (Å²) in [6.07, 6.45) is 4.37. The van der Waals surface area contributed by atoms with Crippen LogP contribution < -0.4 is 15.4 Å². The highest BCUT2D eigenvalue weighted by Gasteiger charge is 2.14. The Labute approximate surface area is 107 Å². The van der Waals surface area contributed by atoms with E-state index < -0.39 is 0 Å². The van der Waals surface area contributed by atoms with Crippen molar-refractivity contribution in [3.05, 3.63) is 35.9 Å². The first-order chi connectivity index (χ1) is 8.78. The van der Waals surface area contributed by atoms with Crippen LogP contribution in [0.25, 0.3) is 6.08 Å². The van der Waals surface area contributed by atoms with Crippen molar-refractivity contribution < 1.29 is 9.53 Å². The summed E-state index contributed by atoms with van der Waals surface area (Å²) in [5, 5.41) is 6.17. The van der Waals surface area contributed by atoms with Gasteiger partial charge in [-0.15, -0.1) is 0 Å². The molecule has 1 aliphatic heterocycles. The number of carbonyl (C=O) groups excluding carboxylic acids is 1. The van der Waals surface area contributed by atoms with Gasteiger partial charge in [0.1, 0.15) is 5.75 Å². The van der Waals surface area contributed by atoms with Gasteiger partial charge < -0.3 is 15.4 Å². The molecule has 0 aromatic heterocycles. The highest BCUT2D eigenvalue weighted by molar-refractivity contribution is 5.91. The lowest BCUT2D eigenvalue weighted by atomic mass is 10.2. The van der Waals surface area contributed by atoms with Crippen LogP contribution in [0, 0.1) is 0 Å². The van der Waals surface area contributed by atoms with Crippen LogP contribution in [-0.4, -0.2) is 32.1 Å². The summed E-state index contributed by atoms with van der Waals surface area (Å²) in [5.74, 6) is 0.771. The van der Waals surface area contributed by atoms with E-state index in [1.807, 2.05) is 24.3 Å². The molecule has 0 aliphatic carbocycles. The minimum Gasteiger partial charge on any atom is -0.497 e. The number of amides is 1. The van der Waals surface area contributed by atoms with E-state index in [0.717, 1.165) is 30.8 Å². The standard InChI is InChI=1S/C14H18N2O2/c1-18-13-5-2-11(3-6-13)4-7-14(17)16-12-8-9-15-10-12/h2-7,12,15H,8-10H2,1H3,(H,16,17)/b7-4+. The molecule has 4 heteroatoms. The third-order valence-electron chi connectivity index (χ3n) is 2.95. The summed E-state index contributed by atoms with van der Waals surface area (Å²) in [6, 6.07) is 7.84. The minimum absolute atomic E-state index is 0.0421. The molecule has 1 aromatic carbocycles. The maximum absolute atomic E-state index is 11.6. The van der Waals surface area contributed by atoms with Crippen LogP contribution in [0.15, 0.2) is 30.3 Å². The molecule has 1 aromatic rings. The second-order valence-corrected chi connectivity index (χ2v) is 4.30. The van der Waals surface area contributed by atoms with Gasteiger partial charge in [-0.1, -0.05) is 12.1 Å². The van der Waals surface area contributed by atoms with E-state index in [-0.39, 0.29) is 11.9 Å². The van der Waals surface area contributed by atoms with Gasteiger partial charge in [-0.25, -0.2) is 0 Å². The zero-order chi connectivity index (χ0) is 12.8. The molecule has 1 heterocycles. The van der Waals surface area contributed by atoms with E-state index in [1.165, 1.54) is 0 Å². The zero-order valence-electron chi connectivity index (χ0n) is 10.5. The fourth-order valence-electron chi connectivity index (χ4n) is 1.91. The Hall–Kier alpha value is -1.81. The smallest absolute Gasteiger partial charge is 0.244 e. The number of rotatable bonds is 4. The van der Waals surface area contributed by atoms with E-state index in [0.29, 0.717) is 0 Å². The number of methoxy groups -OCH3 is 1. The highest BCUT2D eigenvalue weighted by Crippen LogP contribution is 2.12. The van der Waals surface area contributed by atoms with Gasteiger partial charge in [-0.2, -0.15) is 0 Å². The van der Waals surface area contributed by atoms with Crippen molar-refractivity contribution in [3.63, 3.8) is 0 Å². The Kier molecular flexibility index (Phi) is 4.36. The molecule has 1 unspecified atom stereocenters. The van der Waals surface area contributed by atoms with Crippen LogP contribution in [0.4, 0.5) is 0 Å². The van der Waals surface area contributed by atoms with Gasteiger partial charge in [-0.05, 0) is 36.7 Å². The van der Waals surface area contributed by atoms with Crippen molar-refractivity contribution in [1.29, 1.82) is 0 Å². The second kappa shape index (κ2) is 6.21. The van der Waals surface area contributed by atoms with Gasteiger partial charge in [0.2, 0.25) is 5.91 Å². The molecule has 1 fully saturated rings. The van der Waals surface area contributed by atoms with Crippen molar-refractivity contribution in [2.45, 2.75) is 12.5 Å². The average Bonchev–Trinajstić information content (AvgIpc) is 2.90. The van der Waals surface area contributed by atoms with E-state index in [4.69, 9.17) is 4.74 Å². The molecule has 1 atom stereocenters. The van der Waals surface area contributed by atoms with Crippen LogP contribution in [0.2, 0.25) is 0 Å². The lowest BCUT2D eigenvalue weighted by molar-refractivity contribution is -0.117. The number of carbonyl (C=O) groups is 1. The quantitative estimate of drug-likeness (QED) is 0.785. The van der Waals surface area contributed by atoms with Crippen molar-refractivity contribution in [1.82, 2.24) is 10.6 Å². The molecule has 18 heavy (non-hydrogen) atoms. The lowest BCUT2D eigenvalue weighted by Crippen LogP contribution is -2.34. The molecule has 2 N–H and O–H groups in total. The number of ether oxygens (including phenoxy) is 1. The van der Waals surface area contributed by atoms with E-state index in [9.17, 15) is 4.79 Å². The van der Waals surface area contributed by atoms with Gasteiger partial charge in [0.05, 0.1) is 7.11 Å². The first kappa shape index (κ1) is 12.6. The largest absolute Gasteiger partial charge is 0.497 e. The van der Waals surface area contributed by atoms with Crippen LogP contribution >= 0.6 is 0 Å². The molecule has 1 amide bonds. The zero-order valence-corrected chi connectivity index (χ0v) is 10.5. The van der Waals surface area contributed by atoms with Gasteiger partial charge in [0.25, 0.3) is 0 Å². The molecular formula is C14H18N2O2. The molecule has 1 aliphatic rings. The summed E-state index contributed by atoms with van der Waals surface area (Å²) >= 11 is 0. The molecule has 96 valence electrons. The number of hydrogen-bond donors (Lipinski definition) is 2. The lowest BCUT2D eigenvalue weighted by Gasteiger charge is -2.08. The van der Waals surface area contributed by atoms with E-state index in [2.05, 4.69) is 10.6 Å². The normalized spacial score (nSPS) is 19.1. The van der Waals surface area contributed by atoms with Gasteiger partial charge in [-0.3, -0.25) is 4.79 Å². The number of nitrogens with one attached hydrogen (secondary N) is 2. The SMILES string of the molecule is COc1ccc(/C=C/C(=O)NC2CCNC2)cc1. The fourth-order valence-corrected chi connectivity index (χ4v) is 1.91. The number of benzene rings is 1. The molecule has 1 saturated heterocycles. The molecule has 0 saturated carbocycles. The average molecular weight is 246 g/mol. The van der Waals surface area contributed by atoms with E-state index in [1.54, 1.807) is 19.3 Å². The van der Waals surface area contributed by atoms with E-state index >= 15 is 0 Å². The summed E-state index contributed by atoms with van der Waals surface area (Å²) < 4.78 is 5.07. The third kappa shape index (κ3) is 3.60. The topological polar surface area (TPSA) is 50.4 Å². The molecule has 0 radical (unpaired) electrons. The van der Waals surface area contributed by atoms with Gasteiger partial charge >= 0.3 is 0 Å². The maximum atomic E-state index is 11.6. The van der Waals surface area contributed by atoms with Crippen molar-refractivity contribution >= 4 is 12.0 Å². The summed E-state index contributed by atoms with van der Waals surface area (Å²) in [6.45, 7) is 1.84. The summed E-state index contributed by atoms with van der Waals surface area (Å²) in [4.78, 5) is 11.6. The Morgan fingerprint density at radius 1 is 1.44 bits per heavy atom. The fraction of sp³-hybridized carbons (Fsp3) is 0.357. The first-order valence-electron chi connectivity index (χ1n) is 6.11. The third-order valence-corrected chi connectivity index (χ3v) is 2.95. The molecule has 2 rings (SSSR count). The Morgan fingerprint density at radius 2 is 2.22 bits per heavy atom. The van der Waals surface area contributed by atoms with Crippen molar-refractivity contribution in [2.24, 2.45) is 0 Å². The highest BCUT2D eigenvalue weighted by atomic mass is 16.5. The predicted octanol–water partition coefficient (Wildman–Crippen LogP) is 1.19. The maximum Gasteiger partial charge on any atom is 0.244 e. The second-order valence-electron chi connectivity index (χ2n) is 4.30. The van der Waals surface area contributed by atoms with Gasteiger partial charge in [0.15, 0.2) is 0 Å². The van der Waals surface area contributed by atoms with Crippen LogP contribution in [-0.2, 0) is 4.79 Å². The monoisotopic (exact) mass is 246 g/mol. The first-order valence-corrected chi connectivity index (χ1v) is 6.11. The predicted molar refractivity (Wildman–Crippen MR) is 71.4 cm³/mol. The summed E-state index contributed by atoms with van der Waals surface area (Å²) in [7, 11) is 1.63. The summed E-state index contributed by atoms with van der Waals surface area (Å²) in [5.41, 5.74) is 0.982. The minimum atomic E-state index is -0.0421. The molecule has 4 nitrogen and oxygen atoms in total. The van der Waals surface area contributed by atoms with Crippen LogP contribution in [0.3, 0.4) is 0 Å². The van der Waals surface area contributed by atoms with Gasteiger partial charge in [0, 0.05) is 18.7 Å².